The molecular formula is C17H22ClN6+. The second-order valence-corrected chi connectivity index (χ2v) is 6.50. The number of quaternary nitrogens is 1. The first-order chi connectivity index (χ1) is 11.6. The predicted molar refractivity (Wildman–Crippen MR) is 96.7 cm³/mol. The van der Waals surface area contributed by atoms with Gasteiger partial charge >= 0.3 is 0 Å². The standard InChI is InChI=1S/C17H21ClN6/c1-23(2)9-5-8-19-16-14-10-22-24(17(14)21-12-20-16)11-13-6-3-4-7-15(13)18/h3-4,6-7,10,12H,5,8-9,11H2,1-2H3,(H,19,20,21)/p+1. The molecule has 0 aliphatic heterocycles. The van der Waals surface area contributed by atoms with Crippen LogP contribution in [0.3, 0.4) is 0 Å². The van der Waals surface area contributed by atoms with Crippen LogP contribution in [0.4, 0.5) is 5.82 Å². The number of anilines is 1. The smallest absolute Gasteiger partial charge is 0.163 e. The van der Waals surface area contributed by atoms with Crippen molar-refractivity contribution in [2.45, 2.75) is 13.0 Å². The highest BCUT2D eigenvalue weighted by Gasteiger charge is 2.11. The Labute approximate surface area is 146 Å². The number of fused-ring (bicyclic) bond motifs is 1. The van der Waals surface area contributed by atoms with E-state index in [1.807, 2.05) is 35.1 Å². The predicted octanol–water partition coefficient (Wildman–Crippen LogP) is 1.47. The van der Waals surface area contributed by atoms with Gasteiger partial charge in [-0.25, -0.2) is 14.6 Å². The maximum atomic E-state index is 6.25. The van der Waals surface area contributed by atoms with Crippen LogP contribution in [-0.4, -0.2) is 46.9 Å². The summed E-state index contributed by atoms with van der Waals surface area (Å²) in [5.41, 5.74) is 1.83. The third-order valence-electron chi connectivity index (χ3n) is 3.86. The van der Waals surface area contributed by atoms with Gasteiger partial charge in [-0.2, -0.15) is 5.10 Å². The van der Waals surface area contributed by atoms with Gasteiger partial charge in [-0.3, -0.25) is 0 Å². The van der Waals surface area contributed by atoms with Crippen LogP contribution in [-0.2, 0) is 6.54 Å². The van der Waals surface area contributed by atoms with Gasteiger partial charge in [-0.15, -0.1) is 0 Å². The lowest BCUT2D eigenvalue weighted by molar-refractivity contribution is -0.858. The summed E-state index contributed by atoms with van der Waals surface area (Å²) in [7, 11) is 4.31. The van der Waals surface area contributed by atoms with Gasteiger partial charge in [0.05, 0.1) is 38.8 Å². The van der Waals surface area contributed by atoms with Gasteiger partial charge in [0.1, 0.15) is 12.1 Å². The number of rotatable bonds is 7. The fourth-order valence-corrected chi connectivity index (χ4v) is 2.78. The van der Waals surface area contributed by atoms with Crippen LogP contribution >= 0.6 is 11.6 Å². The lowest BCUT2D eigenvalue weighted by Gasteiger charge is -2.09. The Kier molecular flexibility index (Phi) is 5.27. The Bertz CT molecular complexity index is 814. The highest BCUT2D eigenvalue weighted by Crippen LogP contribution is 2.21. The van der Waals surface area contributed by atoms with Gasteiger partial charge in [-0.05, 0) is 11.6 Å². The first-order valence-electron chi connectivity index (χ1n) is 8.08. The van der Waals surface area contributed by atoms with Crippen molar-refractivity contribution in [1.29, 1.82) is 0 Å². The molecule has 0 unspecified atom stereocenters. The van der Waals surface area contributed by atoms with Gasteiger partial charge in [0.15, 0.2) is 5.65 Å². The van der Waals surface area contributed by atoms with Crippen molar-refractivity contribution in [3.05, 3.63) is 47.4 Å². The second kappa shape index (κ2) is 7.59. The quantitative estimate of drug-likeness (QED) is 0.637. The summed E-state index contributed by atoms with van der Waals surface area (Å²) in [4.78, 5) is 10.2. The van der Waals surface area contributed by atoms with Crippen molar-refractivity contribution in [3.63, 3.8) is 0 Å². The second-order valence-electron chi connectivity index (χ2n) is 6.09. The fraction of sp³-hybridized carbons (Fsp3) is 0.353. The van der Waals surface area contributed by atoms with Gasteiger partial charge in [-0.1, -0.05) is 29.8 Å². The first kappa shape index (κ1) is 16.7. The van der Waals surface area contributed by atoms with Crippen LogP contribution in [0.1, 0.15) is 12.0 Å². The molecule has 0 aliphatic carbocycles. The zero-order valence-corrected chi connectivity index (χ0v) is 14.7. The van der Waals surface area contributed by atoms with Crippen LogP contribution in [0.25, 0.3) is 11.0 Å². The number of hydrogen-bond donors (Lipinski definition) is 2. The van der Waals surface area contributed by atoms with Gasteiger partial charge in [0, 0.05) is 18.0 Å². The molecule has 0 aliphatic rings. The molecule has 3 rings (SSSR count). The molecule has 126 valence electrons. The van der Waals surface area contributed by atoms with Crippen molar-refractivity contribution in [3.8, 4) is 0 Å². The van der Waals surface area contributed by atoms with E-state index < -0.39 is 0 Å². The minimum Gasteiger partial charge on any atom is -0.369 e. The number of nitrogens with one attached hydrogen (secondary N) is 2. The summed E-state index contributed by atoms with van der Waals surface area (Å²) < 4.78 is 1.85. The zero-order chi connectivity index (χ0) is 16.9. The molecule has 24 heavy (non-hydrogen) atoms. The Morgan fingerprint density at radius 1 is 1.21 bits per heavy atom. The summed E-state index contributed by atoms with van der Waals surface area (Å²) in [5.74, 6) is 0.833. The largest absolute Gasteiger partial charge is 0.369 e. The SMILES string of the molecule is C[NH+](C)CCCNc1ncnc2c1cnn2Cc1ccccc1Cl. The Balaban J connectivity index is 1.77. The van der Waals surface area contributed by atoms with E-state index >= 15 is 0 Å². The maximum absolute atomic E-state index is 6.25. The van der Waals surface area contributed by atoms with Crippen LogP contribution in [0, 0.1) is 0 Å². The van der Waals surface area contributed by atoms with E-state index in [1.165, 1.54) is 4.90 Å². The van der Waals surface area contributed by atoms with E-state index in [9.17, 15) is 0 Å². The van der Waals surface area contributed by atoms with Gasteiger partial charge in [0.25, 0.3) is 0 Å². The van der Waals surface area contributed by atoms with E-state index in [2.05, 4.69) is 34.5 Å². The minimum atomic E-state index is 0.587. The van der Waals surface area contributed by atoms with E-state index in [4.69, 9.17) is 11.6 Å². The van der Waals surface area contributed by atoms with E-state index in [0.29, 0.717) is 6.54 Å². The summed E-state index contributed by atoms with van der Waals surface area (Å²) in [5, 5.41) is 9.52. The highest BCUT2D eigenvalue weighted by atomic mass is 35.5. The summed E-state index contributed by atoms with van der Waals surface area (Å²) in [6, 6.07) is 7.78. The van der Waals surface area contributed by atoms with Crippen LogP contribution in [0.15, 0.2) is 36.8 Å². The van der Waals surface area contributed by atoms with Crippen LogP contribution < -0.4 is 10.2 Å². The van der Waals surface area contributed by atoms with Crippen molar-refractivity contribution < 1.29 is 4.90 Å². The first-order valence-corrected chi connectivity index (χ1v) is 8.46. The molecular weight excluding hydrogens is 324 g/mol. The lowest BCUT2D eigenvalue weighted by Crippen LogP contribution is -3.05. The molecule has 0 radical (unpaired) electrons. The molecule has 0 saturated carbocycles. The number of nitrogens with zero attached hydrogens (tertiary/aromatic N) is 4. The Morgan fingerprint density at radius 3 is 2.83 bits per heavy atom. The molecule has 0 spiro atoms. The van der Waals surface area contributed by atoms with Crippen LogP contribution in [0.5, 0.6) is 0 Å². The van der Waals surface area contributed by atoms with Gasteiger partial charge < -0.3 is 10.2 Å². The normalized spacial score (nSPS) is 11.3. The Morgan fingerprint density at radius 2 is 2.04 bits per heavy atom. The van der Waals surface area contributed by atoms with E-state index in [1.54, 1.807) is 6.33 Å². The molecule has 0 amide bonds. The number of aromatic nitrogens is 4. The Hall–Kier alpha value is -2.18. The highest BCUT2D eigenvalue weighted by molar-refractivity contribution is 6.31. The molecule has 0 saturated heterocycles. The van der Waals surface area contributed by atoms with E-state index in [-0.39, 0.29) is 0 Å². The number of benzene rings is 1. The molecule has 2 heterocycles. The van der Waals surface area contributed by atoms with Crippen LogP contribution in [0.2, 0.25) is 5.02 Å². The average molecular weight is 346 g/mol. The fourth-order valence-electron chi connectivity index (χ4n) is 2.59. The molecule has 0 fully saturated rings. The average Bonchev–Trinajstić information content (AvgIpc) is 2.97. The summed E-state index contributed by atoms with van der Waals surface area (Å²) in [6.45, 7) is 2.59. The molecule has 6 nitrogen and oxygen atoms in total. The summed E-state index contributed by atoms with van der Waals surface area (Å²) in [6.07, 6.45) is 4.47. The topological polar surface area (TPSA) is 60.1 Å². The molecule has 7 heteroatoms. The van der Waals surface area contributed by atoms with Crippen molar-refractivity contribution in [2.24, 2.45) is 0 Å². The third kappa shape index (κ3) is 3.83. The zero-order valence-electron chi connectivity index (χ0n) is 14.0. The van der Waals surface area contributed by atoms with Crippen molar-refractivity contribution in [2.75, 3.05) is 32.5 Å². The lowest BCUT2D eigenvalue weighted by atomic mass is 10.2. The van der Waals surface area contributed by atoms with Crippen molar-refractivity contribution in [1.82, 2.24) is 19.7 Å². The molecule has 2 N–H and O–H groups in total. The van der Waals surface area contributed by atoms with Crippen molar-refractivity contribution >= 4 is 28.5 Å². The molecule has 3 aromatic rings. The monoisotopic (exact) mass is 345 g/mol. The number of hydrogen-bond acceptors (Lipinski definition) is 4. The maximum Gasteiger partial charge on any atom is 0.163 e. The number of halogens is 1. The third-order valence-corrected chi connectivity index (χ3v) is 4.23. The molecule has 0 atom stereocenters. The summed E-state index contributed by atoms with van der Waals surface area (Å²) >= 11 is 6.25. The van der Waals surface area contributed by atoms with Gasteiger partial charge in [0.2, 0.25) is 0 Å². The van der Waals surface area contributed by atoms with E-state index in [0.717, 1.165) is 46.9 Å². The molecule has 1 aromatic carbocycles. The minimum absolute atomic E-state index is 0.587. The molecule has 2 aromatic heterocycles. The molecule has 0 bridgehead atoms.